The number of carbonyl (C=O) groups excluding carboxylic acids is 2. The van der Waals surface area contributed by atoms with Crippen molar-refractivity contribution in [1.82, 2.24) is 4.57 Å². The average molecular weight is 625 g/mol. The molecule has 0 aliphatic heterocycles. The molecule has 0 fully saturated rings. The van der Waals surface area contributed by atoms with Gasteiger partial charge in [0.05, 0.1) is 44.7 Å². The summed E-state index contributed by atoms with van der Waals surface area (Å²) < 4.78 is 24.9. The number of nitrogens with one attached hydrogen (secondary N) is 1. The molecule has 0 aliphatic carbocycles. The van der Waals surface area contributed by atoms with E-state index < -0.39 is 0 Å². The molecule has 8 nitrogen and oxygen atoms in total. The fourth-order valence-corrected chi connectivity index (χ4v) is 5.82. The molecule has 5 aromatic rings. The van der Waals surface area contributed by atoms with Crippen molar-refractivity contribution in [1.29, 1.82) is 0 Å². The summed E-state index contributed by atoms with van der Waals surface area (Å²) in [5.74, 6) is 1.50. The van der Waals surface area contributed by atoms with Crippen LogP contribution in [0.1, 0.15) is 29.8 Å². The van der Waals surface area contributed by atoms with Gasteiger partial charge in [0.25, 0.3) is 0 Å². The van der Waals surface area contributed by atoms with E-state index in [1.807, 2.05) is 72.8 Å². The van der Waals surface area contributed by atoms with E-state index in [0.717, 1.165) is 16.5 Å². The summed E-state index contributed by atoms with van der Waals surface area (Å²) in [5.41, 5.74) is 5.20. The summed E-state index contributed by atoms with van der Waals surface area (Å²) in [5, 5.41) is 4.03. The fourth-order valence-electron chi connectivity index (χ4n) is 5.50. The molecule has 1 aromatic heterocycles. The Hall–Kier alpha value is -5.21. The summed E-state index contributed by atoms with van der Waals surface area (Å²) in [6.45, 7) is 2.97. The molecule has 4 aromatic carbocycles. The highest BCUT2D eigenvalue weighted by Gasteiger charge is 2.29. The standard InChI is InChI=1S/C36H33ClN2O6/c1-21(40)38-27-13-9-7-11-23(27)15-16-25-17-26(42-3)19-30(43-4)33(25)35-31(44-5)20-32(45-6)36(37)34(35)29-18-24-12-8-10-14-28(24)39(29)22(2)41/h7-20H,1-6H3,(H,38,40)/b16-15+. The molecule has 0 spiro atoms. The highest BCUT2D eigenvalue weighted by Crippen LogP contribution is 2.53. The van der Waals surface area contributed by atoms with E-state index in [-0.39, 0.29) is 11.8 Å². The van der Waals surface area contributed by atoms with Crippen molar-refractivity contribution in [2.45, 2.75) is 13.8 Å². The Morgan fingerprint density at radius 3 is 2.02 bits per heavy atom. The van der Waals surface area contributed by atoms with Gasteiger partial charge in [0.1, 0.15) is 23.0 Å². The Morgan fingerprint density at radius 1 is 0.711 bits per heavy atom. The molecule has 1 amide bonds. The van der Waals surface area contributed by atoms with Crippen LogP contribution in [-0.4, -0.2) is 44.8 Å². The van der Waals surface area contributed by atoms with Gasteiger partial charge in [-0.2, -0.15) is 0 Å². The summed E-state index contributed by atoms with van der Waals surface area (Å²) in [6.07, 6.45) is 3.80. The molecule has 0 aliphatic rings. The topological polar surface area (TPSA) is 88.0 Å². The maximum Gasteiger partial charge on any atom is 0.228 e. The number of carbonyl (C=O) groups is 2. The van der Waals surface area contributed by atoms with E-state index in [0.29, 0.717) is 61.7 Å². The number of anilines is 1. The lowest BCUT2D eigenvalue weighted by Crippen LogP contribution is -2.08. The van der Waals surface area contributed by atoms with Crippen LogP contribution >= 0.6 is 11.6 Å². The molecular weight excluding hydrogens is 592 g/mol. The first-order valence-corrected chi connectivity index (χ1v) is 14.5. The lowest BCUT2D eigenvalue weighted by atomic mass is 9.90. The van der Waals surface area contributed by atoms with Crippen LogP contribution in [0.3, 0.4) is 0 Å². The van der Waals surface area contributed by atoms with Gasteiger partial charge in [-0.15, -0.1) is 0 Å². The molecule has 5 rings (SSSR count). The first-order valence-electron chi connectivity index (χ1n) is 14.1. The normalized spacial score (nSPS) is 11.1. The van der Waals surface area contributed by atoms with Crippen molar-refractivity contribution in [3.8, 4) is 45.4 Å². The van der Waals surface area contributed by atoms with Crippen LogP contribution in [0.15, 0.2) is 72.8 Å². The van der Waals surface area contributed by atoms with E-state index in [1.165, 1.54) is 21.0 Å². The SMILES string of the molecule is COc1cc(/C=C/c2ccccc2NC(C)=O)c(-c2c(OC)cc(OC)c(Cl)c2-c2cc3ccccc3n2C(C)=O)c(OC)c1. The number of hydrogen-bond donors (Lipinski definition) is 1. The van der Waals surface area contributed by atoms with Crippen molar-refractivity contribution < 1.29 is 28.5 Å². The number of hydrogen-bond acceptors (Lipinski definition) is 6. The molecule has 0 saturated heterocycles. The zero-order valence-electron chi connectivity index (χ0n) is 25.9. The lowest BCUT2D eigenvalue weighted by Gasteiger charge is -2.23. The van der Waals surface area contributed by atoms with Crippen LogP contribution in [0.5, 0.6) is 23.0 Å². The second kappa shape index (κ2) is 13.2. The molecule has 0 unspecified atom stereocenters. The summed E-state index contributed by atoms with van der Waals surface area (Å²) in [7, 11) is 6.24. The van der Waals surface area contributed by atoms with Gasteiger partial charge in [-0.1, -0.05) is 60.2 Å². The summed E-state index contributed by atoms with van der Waals surface area (Å²) >= 11 is 7.15. The van der Waals surface area contributed by atoms with Crippen LogP contribution in [0, 0.1) is 0 Å². The van der Waals surface area contributed by atoms with Gasteiger partial charge >= 0.3 is 0 Å². The van der Waals surface area contributed by atoms with Crippen LogP contribution in [0.25, 0.3) is 45.4 Å². The van der Waals surface area contributed by atoms with Crippen LogP contribution in [0.2, 0.25) is 5.02 Å². The second-order valence-corrected chi connectivity index (χ2v) is 10.6. The highest BCUT2D eigenvalue weighted by molar-refractivity contribution is 6.36. The number of ether oxygens (including phenoxy) is 4. The minimum atomic E-state index is -0.189. The Morgan fingerprint density at radius 2 is 1.36 bits per heavy atom. The Kier molecular flexibility index (Phi) is 9.16. The monoisotopic (exact) mass is 624 g/mol. The van der Waals surface area contributed by atoms with E-state index in [4.69, 9.17) is 30.5 Å². The minimum absolute atomic E-state index is 0.178. The Labute approximate surface area is 266 Å². The van der Waals surface area contributed by atoms with Gasteiger partial charge in [0.15, 0.2) is 0 Å². The number of amides is 1. The smallest absolute Gasteiger partial charge is 0.228 e. The Balaban J connectivity index is 1.90. The molecular formula is C36H33ClN2O6. The van der Waals surface area contributed by atoms with Gasteiger partial charge in [-0.25, -0.2) is 0 Å². The zero-order valence-corrected chi connectivity index (χ0v) is 26.6. The van der Waals surface area contributed by atoms with Crippen LogP contribution in [0.4, 0.5) is 5.69 Å². The van der Waals surface area contributed by atoms with Gasteiger partial charge in [0.2, 0.25) is 11.8 Å². The molecule has 0 saturated carbocycles. The number of rotatable bonds is 9. The average Bonchev–Trinajstić information content (AvgIpc) is 3.43. The number of nitrogens with zero attached hydrogens (tertiary/aromatic N) is 1. The third-order valence-electron chi connectivity index (χ3n) is 7.44. The number of para-hydroxylation sites is 2. The number of halogens is 1. The lowest BCUT2D eigenvalue weighted by molar-refractivity contribution is -0.114. The van der Waals surface area contributed by atoms with Gasteiger partial charge < -0.3 is 24.3 Å². The quantitative estimate of drug-likeness (QED) is 0.166. The highest BCUT2D eigenvalue weighted by atomic mass is 35.5. The molecule has 1 N–H and O–H groups in total. The predicted molar refractivity (Wildman–Crippen MR) is 180 cm³/mol. The molecule has 1 heterocycles. The van der Waals surface area contributed by atoms with Crippen molar-refractivity contribution in [3.63, 3.8) is 0 Å². The van der Waals surface area contributed by atoms with Gasteiger partial charge in [-0.05, 0) is 35.4 Å². The van der Waals surface area contributed by atoms with Crippen LogP contribution < -0.4 is 24.3 Å². The maximum absolute atomic E-state index is 13.2. The third kappa shape index (κ3) is 5.97. The largest absolute Gasteiger partial charge is 0.497 e. The second-order valence-electron chi connectivity index (χ2n) is 10.2. The molecule has 9 heteroatoms. The summed E-state index contributed by atoms with van der Waals surface area (Å²) in [6, 6.07) is 22.4. The van der Waals surface area contributed by atoms with Crippen molar-refractivity contribution in [3.05, 3.63) is 88.9 Å². The van der Waals surface area contributed by atoms with Crippen molar-refractivity contribution in [2.24, 2.45) is 0 Å². The van der Waals surface area contributed by atoms with E-state index in [1.54, 1.807) is 38.0 Å². The van der Waals surface area contributed by atoms with Crippen molar-refractivity contribution in [2.75, 3.05) is 33.8 Å². The maximum atomic E-state index is 13.2. The molecule has 0 radical (unpaired) electrons. The van der Waals surface area contributed by atoms with E-state index in [9.17, 15) is 9.59 Å². The van der Waals surface area contributed by atoms with Crippen LogP contribution in [-0.2, 0) is 4.79 Å². The first-order chi connectivity index (χ1) is 21.7. The van der Waals surface area contributed by atoms with E-state index in [2.05, 4.69) is 5.32 Å². The molecule has 45 heavy (non-hydrogen) atoms. The summed E-state index contributed by atoms with van der Waals surface area (Å²) in [4.78, 5) is 25.1. The molecule has 0 atom stereocenters. The minimum Gasteiger partial charge on any atom is -0.497 e. The van der Waals surface area contributed by atoms with E-state index >= 15 is 0 Å². The third-order valence-corrected chi connectivity index (χ3v) is 7.82. The zero-order chi connectivity index (χ0) is 32.2. The Bertz CT molecular complexity index is 1960. The molecule has 230 valence electrons. The number of methoxy groups -OCH3 is 4. The van der Waals surface area contributed by atoms with Gasteiger partial charge in [-0.3, -0.25) is 14.2 Å². The number of benzene rings is 4. The number of fused-ring (bicyclic) bond motifs is 1. The van der Waals surface area contributed by atoms with Crippen molar-refractivity contribution >= 4 is 52.2 Å². The molecule has 0 bridgehead atoms. The first kappa shape index (κ1) is 31.2. The fraction of sp³-hybridized carbons (Fsp3) is 0.167. The predicted octanol–water partition coefficient (Wildman–Crippen LogP) is 8.45. The number of aromatic nitrogens is 1. The van der Waals surface area contributed by atoms with Gasteiger partial charge in [0, 0.05) is 53.7 Å².